The van der Waals surface area contributed by atoms with Crippen molar-refractivity contribution < 1.29 is 9.59 Å². The van der Waals surface area contributed by atoms with Crippen LogP contribution in [0.5, 0.6) is 0 Å². The van der Waals surface area contributed by atoms with Gasteiger partial charge in [-0.15, -0.1) is 0 Å². The Morgan fingerprint density at radius 1 is 1.11 bits per heavy atom. The maximum absolute atomic E-state index is 12.3. The minimum atomic E-state index is -0.546. The molecule has 0 aliphatic carbocycles. The summed E-state index contributed by atoms with van der Waals surface area (Å²) in [5, 5.41) is 2.67. The first-order valence-corrected chi connectivity index (χ1v) is 5.85. The number of carbonyl (C=O) groups excluding carboxylic acids is 2. The molecule has 0 radical (unpaired) electrons. The number of nitrogens with one attached hydrogen (secondary N) is 1. The summed E-state index contributed by atoms with van der Waals surface area (Å²) in [4.78, 5) is 25.1. The fraction of sp³-hybridized carbons (Fsp3) is 0.429. The number of amides is 1. The molecule has 0 saturated carbocycles. The molecule has 4 nitrogen and oxygen atoms in total. The number of benzene rings is 1. The smallest absolute Gasteiger partial charge is 0.221 e. The Morgan fingerprint density at radius 2 is 1.61 bits per heavy atom. The lowest BCUT2D eigenvalue weighted by atomic mass is 9.92. The van der Waals surface area contributed by atoms with Crippen molar-refractivity contribution >= 4 is 17.4 Å². The molecule has 98 valence electrons. The topological polar surface area (TPSA) is 49.4 Å². The Morgan fingerprint density at radius 3 is 2.00 bits per heavy atom. The van der Waals surface area contributed by atoms with E-state index in [-0.39, 0.29) is 11.7 Å². The molecule has 1 amide bonds. The minimum absolute atomic E-state index is 0.0573. The molecule has 4 heteroatoms. The first kappa shape index (κ1) is 14.4. The first-order valence-electron chi connectivity index (χ1n) is 5.85. The zero-order chi connectivity index (χ0) is 13.9. The third-order valence-electron chi connectivity index (χ3n) is 3.14. The van der Waals surface area contributed by atoms with Gasteiger partial charge in [-0.2, -0.15) is 0 Å². The van der Waals surface area contributed by atoms with Gasteiger partial charge < -0.3 is 5.32 Å². The third kappa shape index (κ3) is 3.17. The standard InChI is InChI=1S/C14H20N2O2/c1-10(17)15-12-8-6-11(7-9-12)13(18)14(2,3)16(4)5/h6-9H,1-5H3,(H,15,17). The van der Waals surface area contributed by atoms with Crippen molar-refractivity contribution in [2.45, 2.75) is 26.3 Å². The van der Waals surface area contributed by atoms with Gasteiger partial charge in [-0.05, 0) is 52.2 Å². The van der Waals surface area contributed by atoms with E-state index in [1.54, 1.807) is 24.3 Å². The van der Waals surface area contributed by atoms with Crippen molar-refractivity contribution in [3.05, 3.63) is 29.8 Å². The number of rotatable bonds is 4. The SMILES string of the molecule is CC(=O)Nc1ccc(C(=O)C(C)(C)N(C)C)cc1. The van der Waals surface area contributed by atoms with Gasteiger partial charge in [-0.25, -0.2) is 0 Å². The van der Waals surface area contributed by atoms with E-state index < -0.39 is 5.54 Å². The highest BCUT2D eigenvalue weighted by molar-refractivity contribution is 6.03. The van der Waals surface area contributed by atoms with Crippen molar-refractivity contribution in [2.75, 3.05) is 19.4 Å². The van der Waals surface area contributed by atoms with E-state index in [0.717, 1.165) is 0 Å². The van der Waals surface area contributed by atoms with E-state index in [9.17, 15) is 9.59 Å². The summed E-state index contributed by atoms with van der Waals surface area (Å²) in [6.45, 7) is 5.22. The van der Waals surface area contributed by atoms with Gasteiger partial charge in [0, 0.05) is 18.2 Å². The fourth-order valence-corrected chi connectivity index (χ4v) is 1.46. The van der Waals surface area contributed by atoms with E-state index in [4.69, 9.17) is 0 Å². The summed E-state index contributed by atoms with van der Waals surface area (Å²) >= 11 is 0. The molecule has 0 bridgehead atoms. The van der Waals surface area contributed by atoms with Crippen molar-refractivity contribution in [1.29, 1.82) is 0 Å². The monoisotopic (exact) mass is 248 g/mol. The molecule has 0 aliphatic heterocycles. The second-order valence-corrected chi connectivity index (χ2v) is 5.04. The van der Waals surface area contributed by atoms with Crippen LogP contribution in [0.3, 0.4) is 0 Å². The van der Waals surface area contributed by atoms with Crippen LogP contribution in [-0.4, -0.2) is 36.2 Å². The summed E-state index contributed by atoms with van der Waals surface area (Å²) in [5.74, 6) is -0.0652. The normalized spacial score (nSPS) is 11.4. The number of carbonyl (C=O) groups is 2. The van der Waals surface area contributed by atoms with Crippen LogP contribution in [-0.2, 0) is 4.79 Å². The largest absolute Gasteiger partial charge is 0.326 e. The van der Waals surface area contributed by atoms with Crippen molar-refractivity contribution in [3.8, 4) is 0 Å². The fourth-order valence-electron chi connectivity index (χ4n) is 1.46. The van der Waals surface area contributed by atoms with E-state index in [1.807, 2.05) is 32.8 Å². The van der Waals surface area contributed by atoms with Crippen LogP contribution in [0.1, 0.15) is 31.1 Å². The summed E-state index contributed by atoms with van der Waals surface area (Å²) in [6, 6.07) is 6.94. The zero-order valence-electron chi connectivity index (χ0n) is 11.6. The molecule has 1 aromatic carbocycles. The van der Waals surface area contributed by atoms with Crippen molar-refractivity contribution in [3.63, 3.8) is 0 Å². The second-order valence-electron chi connectivity index (χ2n) is 5.04. The average molecular weight is 248 g/mol. The molecule has 18 heavy (non-hydrogen) atoms. The predicted molar refractivity (Wildman–Crippen MR) is 72.8 cm³/mol. The molecular weight excluding hydrogens is 228 g/mol. The summed E-state index contributed by atoms with van der Waals surface area (Å²) in [6.07, 6.45) is 0. The van der Waals surface area contributed by atoms with E-state index in [2.05, 4.69) is 5.32 Å². The zero-order valence-corrected chi connectivity index (χ0v) is 11.6. The van der Waals surface area contributed by atoms with Gasteiger partial charge in [-0.3, -0.25) is 14.5 Å². The van der Waals surface area contributed by atoms with E-state index in [1.165, 1.54) is 6.92 Å². The maximum Gasteiger partial charge on any atom is 0.221 e. The molecule has 1 aromatic rings. The second kappa shape index (κ2) is 5.31. The summed E-state index contributed by atoms with van der Waals surface area (Å²) in [7, 11) is 3.76. The van der Waals surface area contributed by atoms with Gasteiger partial charge in [0.25, 0.3) is 0 Å². The number of likely N-dealkylation sites (N-methyl/N-ethyl adjacent to an activating group) is 1. The van der Waals surface area contributed by atoms with Crippen LogP contribution < -0.4 is 5.32 Å². The molecule has 0 heterocycles. The number of hydrogen-bond acceptors (Lipinski definition) is 3. The highest BCUT2D eigenvalue weighted by Gasteiger charge is 2.30. The lowest BCUT2D eigenvalue weighted by molar-refractivity contribution is -0.114. The number of anilines is 1. The Balaban J connectivity index is 2.92. The molecule has 0 fully saturated rings. The predicted octanol–water partition coefficient (Wildman–Crippen LogP) is 2.17. The Hall–Kier alpha value is -1.68. The number of Topliss-reactive ketones (excluding diaryl/α,β-unsaturated/α-hetero) is 1. The molecule has 1 rings (SSSR count). The molecule has 0 aromatic heterocycles. The summed E-state index contributed by atoms with van der Waals surface area (Å²) in [5.41, 5.74) is 0.791. The molecule has 0 atom stereocenters. The molecule has 0 spiro atoms. The number of ketones is 1. The molecule has 0 aliphatic rings. The van der Waals surface area contributed by atoms with Gasteiger partial charge in [0.1, 0.15) is 0 Å². The molecular formula is C14H20N2O2. The Bertz CT molecular complexity index is 447. The van der Waals surface area contributed by atoms with Crippen LogP contribution in [0.2, 0.25) is 0 Å². The quantitative estimate of drug-likeness (QED) is 0.831. The van der Waals surface area contributed by atoms with E-state index in [0.29, 0.717) is 11.3 Å². The highest BCUT2D eigenvalue weighted by atomic mass is 16.1. The van der Waals surface area contributed by atoms with Crippen molar-refractivity contribution in [2.24, 2.45) is 0 Å². The van der Waals surface area contributed by atoms with Crippen LogP contribution in [0, 0.1) is 0 Å². The van der Waals surface area contributed by atoms with Crippen LogP contribution in [0.4, 0.5) is 5.69 Å². The average Bonchev–Trinajstić information content (AvgIpc) is 2.28. The van der Waals surface area contributed by atoms with E-state index >= 15 is 0 Å². The number of nitrogens with zero attached hydrogens (tertiary/aromatic N) is 1. The molecule has 0 saturated heterocycles. The van der Waals surface area contributed by atoms with Gasteiger partial charge in [0.15, 0.2) is 5.78 Å². The van der Waals surface area contributed by atoms with Crippen LogP contribution >= 0.6 is 0 Å². The first-order chi connectivity index (χ1) is 8.25. The van der Waals surface area contributed by atoms with Gasteiger partial charge in [-0.1, -0.05) is 0 Å². The molecule has 1 N–H and O–H groups in total. The number of hydrogen-bond donors (Lipinski definition) is 1. The Labute approximate surface area is 108 Å². The highest BCUT2D eigenvalue weighted by Crippen LogP contribution is 2.19. The minimum Gasteiger partial charge on any atom is -0.326 e. The third-order valence-corrected chi connectivity index (χ3v) is 3.14. The van der Waals surface area contributed by atoms with Gasteiger partial charge in [0.05, 0.1) is 5.54 Å². The van der Waals surface area contributed by atoms with Crippen LogP contribution in [0.25, 0.3) is 0 Å². The maximum atomic E-state index is 12.3. The van der Waals surface area contributed by atoms with Crippen molar-refractivity contribution in [1.82, 2.24) is 4.90 Å². The van der Waals surface area contributed by atoms with Gasteiger partial charge in [0.2, 0.25) is 5.91 Å². The summed E-state index contributed by atoms with van der Waals surface area (Å²) < 4.78 is 0. The lowest BCUT2D eigenvalue weighted by Crippen LogP contribution is -2.45. The van der Waals surface area contributed by atoms with Gasteiger partial charge >= 0.3 is 0 Å². The lowest BCUT2D eigenvalue weighted by Gasteiger charge is -2.30. The van der Waals surface area contributed by atoms with Crippen LogP contribution in [0.15, 0.2) is 24.3 Å². The Kier molecular flexibility index (Phi) is 4.24. The molecule has 0 unspecified atom stereocenters.